The van der Waals surface area contributed by atoms with Crippen molar-refractivity contribution in [2.45, 2.75) is 6.92 Å². The fourth-order valence-electron chi connectivity index (χ4n) is 2.15. The minimum atomic E-state index is 0.466. The summed E-state index contributed by atoms with van der Waals surface area (Å²) in [6.45, 7) is 1.97. The second-order valence-corrected chi connectivity index (χ2v) is 4.04. The second-order valence-electron chi connectivity index (χ2n) is 4.04. The highest BCUT2D eigenvalue weighted by molar-refractivity contribution is 6.06. The molecule has 0 fully saturated rings. The van der Waals surface area contributed by atoms with Crippen LogP contribution >= 0.6 is 0 Å². The lowest BCUT2D eigenvalue weighted by molar-refractivity contribution is 0.415. The van der Waals surface area contributed by atoms with Gasteiger partial charge in [-0.25, -0.2) is 0 Å². The lowest BCUT2D eigenvalue weighted by atomic mass is 10.0. The largest absolute Gasteiger partial charge is 0.497 e. The van der Waals surface area contributed by atoms with E-state index in [4.69, 9.17) is 6.11 Å². The topological polar surface area (TPSA) is 22.1 Å². The molecule has 0 N–H and O–H groups in total. The Bertz CT molecular complexity index is 752. The second kappa shape index (κ2) is 3.74. The number of aromatic nitrogens is 1. The molecule has 17 heavy (non-hydrogen) atoms. The quantitative estimate of drug-likeness (QED) is 0.588. The molecule has 0 spiro atoms. The number of methoxy groups -OCH3 is 1. The Morgan fingerprint density at radius 3 is 2.82 bits per heavy atom. The predicted octanol–water partition coefficient (Wildman–Crippen LogP) is 3.71. The van der Waals surface area contributed by atoms with E-state index in [0.29, 0.717) is 6.04 Å². The summed E-state index contributed by atoms with van der Waals surface area (Å²) in [7, 11) is 1.66. The van der Waals surface area contributed by atoms with E-state index >= 15 is 0 Å². The molecule has 0 saturated heterocycles. The van der Waals surface area contributed by atoms with Crippen molar-refractivity contribution in [1.82, 2.24) is 4.98 Å². The molecule has 3 rings (SSSR count). The van der Waals surface area contributed by atoms with Crippen LogP contribution in [0.4, 0.5) is 0 Å². The number of hydrogen-bond acceptors (Lipinski definition) is 2. The first-order chi connectivity index (χ1) is 8.70. The predicted molar refractivity (Wildman–Crippen MR) is 70.5 cm³/mol. The molecule has 0 atom stereocenters. The molecule has 0 aliphatic carbocycles. The van der Waals surface area contributed by atoms with Crippen molar-refractivity contribution in [3.63, 3.8) is 0 Å². The number of ether oxygens (including phenoxy) is 1. The van der Waals surface area contributed by atoms with Crippen molar-refractivity contribution in [2.24, 2.45) is 0 Å². The molecule has 0 bridgehead atoms. The smallest absolute Gasteiger partial charge is 0.119 e. The Morgan fingerprint density at radius 1 is 1.12 bits per heavy atom. The summed E-state index contributed by atoms with van der Waals surface area (Å²) < 4.78 is 13.2. The zero-order chi connectivity index (χ0) is 12.7. The lowest BCUT2D eigenvalue weighted by Gasteiger charge is -2.08. The number of nitrogens with zero attached hydrogens (tertiary/aromatic N) is 1. The number of benzene rings is 2. The summed E-state index contributed by atoms with van der Waals surface area (Å²) in [4.78, 5) is 4.54. The Hall–Kier alpha value is -2.09. The van der Waals surface area contributed by atoms with E-state index in [1.54, 1.807) is 13.2 Å². The molecule has 1 aromatic heterocycles. The van der Waals surface area contributed by atoms with Crippen LogP contribution in [0.1, 0.15) is 7.06 Å². The molecule has 2 heteroatoms. The van der Waals surface area contributed by atoms with Gasteiger partial charge < -0.3 is 4.74 Å². The first-order valence-corrected chi connectivity index (χ1v) is 5.54. The third-order valence-corrected chi connectivity index (χ3v) is 3.02. The molecule has 0 amide bonds. The SMILES string of the molecule is [2H]c1cccc2c1nc(C)c1cc(OC)ccc12. The van der Waals surface area contributed by atoms with Gasteiger partial charge in [0.15, 0.2) is 0 Å². The summed E-state index contributed by atoms with van der Waals surface area (Å²) in [5.41, 5.74) is 1.68. The van der Waals surface area contributed by atoms with E-state index in [9.17, 15) is 0 Å². The van der Waals surface area contributed by atoms with Crippen molar-refractivity contribution < 1.29 is 6.11 Å². The zero-order valence-electron chi connectivity index (χ0n) is 10.8. The van der Waals surface area contributed by atoms with Crippen molar-refractivity contribution in [1.29, 1.82) is 0 Å². The number of fused-ring (bicyclic) bond motifs is 3. The molecule has 0 unspecified atom stereocenters. The van der Waals surface area contributed by atoms with Crippen LogP contribution in [0.2, 0.25) is 0 Å². The van der Waals surface area contributed by atoms with Crippen LogP contribution in [0, 0.1) is 6.92 Å². The van der Waals surface area contributed by atoms with Crippen LogP contribution in [0.5, 0.6) is 5.75 Å². The zero-order valence-corrected chi connectivity index (χ0v) is 9.82. The molecule has 0 radical (unpaired) electrons. The van der Waals surface area contributed by atoms with Gasteiger partial charge in [-0.1, -0.05) is 18.2 Å². The highest BCUT2D eigenvalue weighted by Gasteiger charge is 2.05. The minimum Gasteiger partial charge on any atom is -0.497 e. The van der Waals surface area contributed by atoms with Crippen LogP contribution in [0.15, 0.2) is 42.4 Å². The van der Waals surface area contributed by atoms with E-state index < -0.39 is 0 Å². The van der Waals surface area contributed by atoms with Crippen LogP contribution < -0.4 is 4.74 Å². The molecule has 84 valence electrons. The number of pyridine rings is 1. The molecular weight excluding hydrogens is 210 g/mol. The fourth-order valence-corrected chi connectivity index (χ4v) is 2.15. The van der Waals surface area contributed by atoms with Crippen molar-refractivity contribution in [3.8, 4) is 5.75 Å². The molecule has 1 heterocycles. The van der Waals surface area contributed by atoms with Gasteiger partial charge in [0.05, 0.1) is 14.0 Å². The number of rotatable bonds is 1. The first-order valence-electron chi connectivity index (χ1n) is 6.04. The molecule has 3 aromatic rings. The normalized spacial score (nSPS) is 11.8. The van der Waals surface area contributed by atoms with Crippen molar-refractivity contribution in [3.05, 3.63) is 48.1 Å². The van der Waals surface area contributed by atoms with Gasteiger partial charge in [-0.3, -0.25) is 4.98 Å². The standard InChI is InChI=1S/C15H13NO/c1-10-14-9-11(17-2)7-8-12(14)13-5-3-4-6-15(13)16-10/h3-9H,1-2H3/i6D. The van der Waals surface area contributed by atoms with Crippen LogP contribution in [0.3, 0.4) is 0 Å². The third kappa shape index (κ3) is 1.53. The van der Waals surface area contributed by atoms with Gasteiger partial charge in [0, 0.05) is 16.5 Å². The number of para-hydroxylation sites is 1. The molecule has 0 aliphatic heterocycles. The van der Waals surface area contributed by atoms with Gasteiger partial charge in [0.2, 0.25) is 0 Å². The summed E-state index contributed by atoms with van der Waals surface area (Å²) in [5.74, 6) is 0.828. The maximum absolute atomic E-state index is 7.93. The summed E-state index contributed by atoms with van der Waals surface area (Å²) in [5, 5.41) is 3.21. The van der Waals surface area contributed by atoms with Crippen LogP contribution in [-0.2, 0) is 0 Å². The summed E-state index contributed by atoms with van der Waals surface area (Å²) in [6, 6.07) is 12.1. The van der Waals surface area contributed by atoms with Gasteiger partial charge >= 0.3 is 0 Å². The summed E-state index contributed by atoms with van der Waals surface area (Å²) in [6.07, 6.45) is 0. The van der Waals surface area contributed by atoms with Gasteiger partial charge in [-0.05, 0) is 36.6 Å². The number of hydrogen-bond donors (Lipinski definition) is 0. The average Bonchev–Trinajstić information content (AvgIpc) is 2.40. The van der Waals surface area contributed by atoms with Gasteiger partial charge in [-0.15, -0.1) is 0 Å². The van der Waals surface area contributed by atoms with E-state index in [1.165, 1.54) is 0 Å². The lowest BCUT2D eigenvalue weighted by Crippen LogP contribution is -1.89. The van der Waals surface area contributed by atoms with Gasteiger partial charge in [0.1, 0.15) is 5.75 Å². The molecular formula is C15H13NO. The highest BCUT2D eigenvalue weighted by atomic mass is 16.5. The fraction of sp³-hybridized carbons (Fsp3) is 0.133. The monoisotopic (exact) mass is 224 g/mol. The maximum Gasteiger partial charge on any atom is 0.119 e. The third-order valence-electron chi connectivity index (χ3n) is 3.02. The molecule has 0 saturated carbocycles. The van der Waals surface area contributed by atoms with E-state index in [2.05, 4.69) is 4.98 Å². The Balaban J connectivity index is 2.51. The minimum absolute atomic E-state index is 0.466. The van der Waals surface area contributed by atoms with Crippen molar-refractivity contribution >= 4 is 21.7 Å². The van der Waals surface area contributed by atoms with Crippen LogP contribution in [0.25, 0.3) is 21.7 Å². The van der Waals surface area contributed by atoms with Crippen LogP contribution in [-0.4, -0.2) is 12.1 Å². The van der Waals surface area contributed by atoms with Crippen molar-refractivity contribution in [2.75, 3.05) is 7.11 Å². The Kier molecular flexibility index (Phi) is 1.98. The Labute approximate surface area is 101 Å². The van der Waals surface area contributed by atoms with E-state index in [1.807, 2.05) is 37.3 Å². The maximum atomic E-state index is 7.93. The van der Waals surface area contributed by atoms with E-state index in [0.717, 1.165) is 33.1 Å². The van der Waals surface area contributed by atoms with E-state index in [-0.39, 0.29) is 0 Å². The summed E-state index contributed by atoms with van der Waals surface area (Å²) >= 11 is 0. The number of aryl methyl sites for hydroxylation is 1. The molecule has 0 aliphatic rings. The molecule has 2 aromatic carbocycles. The van der Waals surface area contributed by atoms with Gasteiger partial charge in [-0.2, -0.15) is 0 Å². The Morgan fingerprint density at radius 2 is 2.00 bits per heavy atom. The molecule has 2 nitrogen and oxygen atoms in total. The highest BCUT2D eigenvalue weighted by Crippen LogP contribution is 2.28. The first kappa shape index (κ1) is 8.99. The average molecular weight is 224 g/mol. The van der Waals surface area contributed by atoms with Gasteiger partial charge in [0.25, 0.3) is 0 Å².